The number of benzene rings is 1. The Kier molecular flexibility index (Phi) is 3.84. The Morgan fingerprint density at radius 3 is 2.76 bits per heavy atom. The predicted octanol–water partition coefficient (Wildman–Crippen LogP) is 3.56. The largest absolute Gasteiger partial charge is 0.348 e. The number of nitrogens with one attached hydrogen (secondary N) is 1. The Labute approximate surface area is 128 Å². The molecule has 0 aliphatic heterocycles. The number of aromatic amines is 1. The minimum Gasteiger partial charge on any atom is -0.348 e. The first kappa shape index (κ1) is 13.9. The minimum absolute atomic E-state index is 0.236. The molecular formula is C16H18N4S. The average molecular weight is 298 g/mol. The van der Waals surface area contributed by atoms with E-state index in [0.717, 1.165) is 22.9 Å². The van der Waals surface area contributed by atoms with Crippen molar-refractivity contribution in [3.63, 3.8) is 0 Å². The van der Waals surface area contributed by atoms with Crippen molar-refractivity contribution in [1.29, 1.82) is 0 Å². The van der Waals surface area contributed by atoms with E-state index in [1.54, 1.807) is 6.33 Å². The molecule has 0 radical (unpaired) electrons. The third kappa shape index (κ3) is 2.88. The van der Waals surface area contributed by atoms with Gasteiger partial charge in [-0.25, -0.2) is 9.97 Å². The smallest absolute Gasteiger partial charge is 0.139 e. The normalized spacial score (nSPS) is 12.5. The van der Waals surface area contributed by atoms with E-state index < -0.39 is 0 Å². The molecule has 0 amide bonds. The molecule has 4 nitrogen and oxygen atoms in total. The molecule has 21 heavy (non-hydrogen) atoms. The van der Waals surface area contributed by atoms with Crippen molar-refractivity contribution in [2.45, 2.75) is 33.1 Å². The van der Waals surface area contributed by atoms with Gasteiger partial charge in [0.2, 0.25) is 0 Å². The molecule has 5 heteroatoms. The highest BCUT2D eigenvalue weighted by Gasteiger charge is 2.20. The molecule has 2 aromatic heterocycles. The van der Waals surface area contributed by atoms with Crippen LogP contribution in [-0.2, 0) is 6.42 Å². The van der Waals surface area contributed by atoms with E-state index in [-0.39, 0.29) is 5.92 Å². The van der Waals surface area contributed by atoms with Gasteiger partial charge in [-0.1, -0.05) is 18.2 Å². The highest BCUT2D eigenvalue weighted by atomic mass is 32.1. The molecule has 0 bridgehead atoms. The van der Waals surface area contributed by atoms with Gasteiger partial charge in [0.05, 0.1) is 6.33 Å². The lowest BCUT2D eigenvalue weighted by Gasteiger charge is -2.18. The summed E-state index contributed by atoms with van der Waals surface area (Å²) >= 11 is 1.48. The number of H-pyrrole nitrogens is 1. The Morgan fingerprint density at radius 2 is 2.10 bits per heavy atom. The highest BCUT2D eigenvalue weighted by Crippen LogP contribution is 2.31. The van der Waals surface area contributed by atoms with E-state index in [9.17, 15) is 0 Å². The van der Waals surface area contributed by atoms with Gasteiger partial charge in [0, 0.05) is 24.2 Å². The van der Waals surface area contributed by atoms with Crippen LogP contribution in [0.25, 0.3) is 0 Å². The van der Waals surface area contributed by atoms with Crippen LogP contribution in [0.15, 0.2) is 30.7 Å². The summed E-state index contributed by atoms with van der Waals surface area (Å²) in [5, 5.41) is 1.06. The molecule has 1 N–H and O–H groups in total. The lowest BCUT2D eigenvalue weighted by molar-refractivity contribution is 0.765. The van der Waals surface area contributed by atoms with Gasteiger partial charge >= 0.3 is 0 Å². The molecule has 1 unspecified atom stereocenters. The van der Waals surface area contributed by atoms with Crippen molar-refractivity contribution < 1.29 is 0 Å². The summed E-state index contributed by atoms with van der Waals surface area (Å²) in [6.45, 7) is 6.26. The van der Waals surface area contributed by atoms with Gasteiger partial charge in [-0.3, -0.25) is 0 Å². The van der Waals surface area contributed by atoms with Gasteiger partial charge in [0.15, 0.2) is 0 Å². The Balaban J connectivity index is 2.02. The number of aryl methyl sites for hydroxylation is 2. The summed E-state index contributed by atoms with van der Waals surface area (Å²) in [5.41, 5.74) is 5.09. The average Bonchev–Trinajstić information content (AvgIpc) is 3.11. The van der Waals surface area contributed by atoms with Crippen LogP contribution >= 0.6 is 11.5 Å². The Hall–Kier alpha value is -2.01. The molecule has 3 rings (SSSR count). The summed E-state index contributed by atoms with van der Waals surface area (Å²) in [6.07, 6.45) is 4.48. The predicted molar refractivity (Wildman–Crippen MR) is 84.7 cm³/mol. The number of rotatable bonds is 4. The summed E-state index contributed by atoms with van der Waals surface area (Å²) < 4.78 is 4.29. The first-order chi connectivity index (χ1) is 10.1. The second kappa shape index (κ2) is 5.77. The van der Waals surface area contributed by atoms with Crippen LogP contribution in [0, 0.1) is 20.8 Å². The molecule has 0 spiro atoms. The highest BCUT2D eigenvalue weighted by molar-refractivity contribution is 7.05. The number of aromatic nitrogens is 4. The zero-order valence-corrected chi connectivity index (χ0v) is 13.2. The van der Waals surface area contributed by atoms with Crippen LogP contribution < -0.4 is 0 Å². The molecule has 0 fully saturated rings. The second-order valence-electron chi connectivity index (χ2n) is 5.29. The lowest BCUT2D eigenvalue weighted by atomic mass is 9.88. The molecule has 108 valence electrons. The quantitative estimate of drug-likeness (QED) is 0.801. The van der Waals surface area contributed by atoms with Crippen LogP contribution in [0.5, 0.6) is 0 Å². The van der Waals surface area contributed by atoms with E-state index in [4.69, 9.17) is 0 Å². The summed E-state index contributed by atoms with van der Waals surface area (Å²) in [4.78, 5) is 11.9. The van der Waals surface area contributed by atoms with Crippen LogP contribution in [0.4, 0.5) is 0 Å². The van der Waals surface area contributed by atoms with Gasteiger partial charge in [-0.05, 0) is 49.0 Å². The topological polar surface area (TPSA) is 54.5 Å². The van der Waals surface area contributed by atoms with Crippen molar-refractivity contribution >= 4 is 11.5 Å². The maximum absolute atomic E-state index is 4.51. The molecule has 0 aliphatic carbocycles. The SMILES string of the molecule is Cc1nsc(CC(c2cnc[nH]2)c2cccc(C)c2C)n1. The van der Waals surface area contributed by atoms with E-state index in [2.05, 4.69) is 51.4 Å². The lowest BCUT2D eigenvalue weighted by Crippen LogP contribution is -2.08. The third-order valence-electron chi connectivity index (χ3n) is 3.87. The van der Waals surface area contributed by atoms with Gasteiger partial charge in [-0.15, -0.1) is 0 Å². The van der Waals surface area contributed by atoms with Gasteiger partial charge in [0.25, 0.3) is 0 Å². The van der Waals surface area contributed by atoms with Crippen molar-refractivity contribution in [2.24, 2.45) is 0 Å². The molecule has 3 aromatic rings. The number of hydrogen-bond donors (Lipinski definition) is 1. The number of nitrogens with zero attached hydrogens (tertiary/aromatic N) is 3. The maximum atomic E-state index is 4.51. The van der Waals surface area contributed by atoms with E-state index in [1.807, 2.05) is 13.1 Å². The van der Waals surface area contributed by atoms with Gasteiger partial charge in [0.1, 0.15) is 10.8 Å². The van der Waals surface area contributed by atoms with Gasteiger partial charge in [-0.2, -0.15) is 4.37 Å². The first-order valence-corrected chi connectivity index (χ1v) is 7.76. The van der Waals surface area contributed by atoms with Crippen LogP contribution in [-0.4, -0.2) is 19.3 Å². The standard InChI is InChI=1S/C16H18N4S/c1-10-5-4-6-13(11(10)2)14(15-8-17-9-18-15)7-16-19-12(3)20-21-16/h4-6,8-9,14H,7H2,1-3H3,(H,17,18). The Morgan fingerprint density at radius 1 is 1.24 bits per heavy atom. The molecule has 0 aliphatic rings. The van der Waals surface area contributed by atoms with E-state index in [1.165, 1.54) is 28.2 Å². The van der Waals surface area contributed by atoms with Crippen LogP contribution in [0.2, 0.25) is 0 Å². The molecule has 0 saturated heterocycles. The molecule has 1 aromatic carbocycles. The van der Waals surface area contributed by atoms with Crippen LogP contribution in [0.1, 0.15) is 39.1 Å². The summed E-state index contributed by atoms with van der Waals surface area (Å²) in [5.74, 6) is 1.08. The van der Waals surface area contributed by atoms with Crippen molar-refractivity contribution in [3.8, 4) is 0 Å². The fourth-order valence-corrected chi connectivity index (χ4v) is 3.29. The summed E-state index contributed by atoms with van der Waals surface area (Å²) in [6, 6.07) is 6.46. The van der Waals surface area contributed by atoms with Crippen LogP contribution in [0.3, 0.4) is 0 Å². The Bertz CT molecular complexity index is 731. The zero-order valence-electron chi connectivity index (χ0n) is 12.4. The fourth-order valence-electron chi connectivity index (χ4n) is 2.59. The fraction of sp³-hybridized carbons (Fsp3) is 0.312. The molecule has 2 heterocycles. The third-order valence-corrected chi connectivity index (χ3v) is 4.69. The molecule has 0 saturated carbocycles. The number of imidazole rings is 1. The molecule has 1 atom stereocenters. The molecular weight excluding hydrogens is 280 g/mol. The first-order valence-electron chi connectivity index (χ1n) is 6.98. The van der Waals surface area contributed by atoms with Crippen molar-refractivity contribution in [2.75, 3.05) is 0 Å². The van der Waals surface area contributed by atoms with Gasteiger partial charge < -0.3 is 4.98 Å². The minimum atomic E-state index is 0.236. The van der Waals surface area contributed by atoms with E-state index >= 15 is 0 Å². The van der Waals surface area contributed by atoms with E-state index in [0.29, 0.717) is 0 Å². The zero-order chi connectivity index (χ0) is 14.8. The maximum Gasteiger partial charge on any atom is 0.139 e. The second-order valence-corrected chi connectivity index (χ2v) is 6.12. The summed E-state index contributed by atoms with van der Waals surface area (Å²) in [7, 11) is 0. The monoisotopic (exact) mass is 298 g/mol. The van der Waals surface area contributed by atoms with Crippen molar-refractivity contribution in [3.05, 3.63) is 63.9 Å². The van der Waals surface area contributed by atoms with Crippen molar-refractivity contribution in [1.82, 2.24) is 19.3 Å². The number of hydrogen-bond acceptors (Lipinski definition) is 4.